The Morgan fingerprint density at radius 2 is 1.75 bits per heavy atom. The standard InChI is InChI=1S/C7H8N3S.BF4/c8-10-7-9-5-3-1-2-4-6(5)11-7;2-1(3,4)5/h1-4H2;/q+1;-1. The van der Waals surface area contributed by atoms with Gasteiger partial charge in [-0.1, -0.05) is 0 Å². The number of hydrogen-bond donors (Lipinski definition) is 0. The Balaban J connectivity index is 0.000000221. The van der Waals surface area contributed by atoms with Crippen LogP contribution in [0.1, 0.15) is 23.4 Å². The Bertz CT molecular complexity index is 368. The largest absolute Gasteiger partial charge is 0.673 e. The molecule has 2 rings (SSSR count). The van der Waals surface area contributed by atoms with E-state index in [4.69, 9.17) is 5.39 Å². The van der Waals surface area contributed by atoms with Crippen molar-refractivity contribution in [2.45, 2.75) is 25.7 Å². The Hall–Kier alpha value is -1.17. The first-order valence-corrected chi connectivity index (χ1v) is 5.43. The molecular formula is C7H8BF4N3S. The molecule has 0 saturated carbocycles. The van der Waals surface area contributed by atoms with Crippen molar-refractivity contribution in [3.05, 3.63) is 15.5 Å². The van der Waals surface area contributed by atoms with E-state index in [9.17, 15) is 17.3 Å². The molecule has 0 aromatic carbocycles. The molecule has 0 fully saturated rings. The first-order valence-electron chi connectivity index (χ1n) is 4.61. The molecule has 1 heterocycles. The zero-order chi connectivity index (χ0) is 12.2. The maximum atomic E-state index is 9.75. The third-order valence-corrected chi connectivity index (χ3v) is 2.96. The van der Waals surface area contributed by atoms with E-state index in [0.29, 0.717) is 5.13 Å². The summed E-state index contributed by atoms with van der Waals surface area (Å²) in [6.07, 6.45) is 4.64. The van der Waals surface area contributed by atoms with Gasteiger partial charge in [-0.05, 0) is 35.6 Å². The first kappa shape index (κ1) is 12.9. The van der Waals surface area contributed by atoms with Crippen LogP contribution in [0.3, 0.4) is 0 Å². The molecule has 0 atom stereocenters. The Morgan fingerprint density at radius 1 is 1.19 bits per heavy atom. The van der Waals surface area contributed by atoms with Crippen LogP contribution < -0.4 is 0 Å². The minimum atomic E-state index is -6.00. The van der Waals surface area contributed by atoms with Gasteiger partial charge in [-0.15, -0.1) is 0 Å². The predicted octanol–water partition coefficient (Wildman–Crippen LogP) is 3.81. The summed E-state index contributed by atoms with van der Waals surface area (Å²) in [5.74, 6) is 0. The second kappa shape index (κ2) is 5.25. The van der Waals surface area contributed by atoms with Gasteiger partial charge in [-0.3, -0.25) is 0 Å². The molecule has 9 heteroatoms. The van der Waals surface area contributed by atoms with Crippen molar-refractivity contribution in [1.29, 1.82) is 5.39 Å². The fourth-order valence-electron chi connectivity index (χ4n) is 1.38. The number of aryl methyl sites for hydroxylation is 2. The lowest BCUT2D eigenvalue weighted by atomic mass is 10.0. The van der Waals surface area contributed by atoms with Crippen molar-refractivity contribution in [2.75, 3.05) is 0 Å². The van der Waals surface area contributed by atoms with Gasteiger partial charge in [0.15, 0.2) is 5.69 Å². The number of halogens is 4. The van der Waals surface area contributed by atoms with Crippen molar-refractivity contribution in [3.63, 3.8) is 0 Å². The SMILES string of the molecule is F[B-](F)(F)F.N#[N+]c1nc2c(s1)CCCC2. The van der Waals surface area contributed by atoms with Crippen molar-refractivity contribution in [2.24, 2.45) is 0 Å². The van der Waals surface area contributed by atoms with E-state index in [1.54, 1.807) is 0 Å². The molecule has 0 unspecified atom stereocenters. The summed E-state index contributed by atoms with van der Waals surface area (Å²) < 4.78 is 39.0. The van der Waals surface area contributed by atoms with Gasteiger partial charge in [-0.2, -0.15) is 0 Å². The van der Waals surface area contributed by atoms with Crippen LogP contribution in [0.25, 0.3) is 4.98 Å². The molecule has 0 N–H and O–H groups in total. The molecule has 0 amide bonds. The highest BCUT2D eigenvalue weighted by Gasteiger charge is 2.23. The van der Waals surface area contributed by atoms with E-state index < -0.39 is 7.25 Å². The highest BCUT2D eigenvalue weighted by molar-refractivity contribution is 7.15. The van der Waals surface area contributed by atoms with Gasteiger partial charge in [0, 0.05) is 11.4 Å². The molecule has 1 aliphatic carbocycles. The van der Waals surface area contributed by atoms with Crippen LogP contribution in [0.2, 0.25) is 0 Å². The van der Waals surface area contributed by atoms with Crippen LogP contribution in [-0.2, 0) is 12.8 Å². The van der Waals surface area contributed by atoms with Crippen molar-refractivity contribution in [3.8, 4) is 0 Å². The monoisotopic (exact) mass is 253 g/mol. The number of fused-ring (bicyclic) bond motifs is 1. The summed E-state index contributed by atoms with van der Waals surface area (Å²) in [5.41, 5.74) is 1.15. The number of diazo groups is 1. The van der Waals surface area contributed by atoms with Gasteiger partial charge < -0.3 is 17.3 Å². The summed E-state index contributed by atoms with van der Waals surface area (Å²) in [7, 11) is -6.00. The van der Waals surface area contributed by atoms with Gasteiger partial charge in [0.25, 0.3) is 0 Å². The van der Waals surface area contributed by atoms with Crippen LogP contribution in [0.15, 0.2) is 0 Å². The summed E-state index contributed by atoms with van der Waals surface area (Å²) in [6, 6.07) is 0. The quantitative estimate of drug-likeness (QED) is 0.400. The average molecular weight is 253 g/mol. The zero-order valence-corrected chi connectivity index (χ0v) is 8.98. The number of thiazole rings is 1. The number of aromatic nitrogens is 1. The Morgan fingerprint density at radius 3 is 2.25 bits per heavy atom. The normalized spacial score (nSPS) is 14.4. The molecule has 0 bridgehead atoms. The van der Waals surface area contributed by atoms with Gasteiger partial charge in [0.2, 0.25) is 0 Å². The first-order chi connectivity index (χ1) is 7.40. The summed E-state index contributed by atoms with van der Waals surface area (Å²) in [4.78, 5) is 8.56. The maximum absolute atomic E-state index is 9.75. The van der Waals surface area contributed by atoms with E-state index in [0.717, 1.165) is 18.5 Å². The third kappa shape index (κ3) is 4.57. The number of rotatable bonds is 0. The van der Waals surface area contributed by atoms with Crippen LogP contribution >= 0.6 is 11.3 Å². The molecule has 1 aromatic heterocycles. The topological polar surface area (TPSA) is 41.0 Å². The van der Waals surface area contributed by atoms with Crippen molar-refractivity contribution >= 4 is 23.7 Å². The van der Waals surface area contributed by atoms with Crippen molar-refractivity contribution < 1.29 is 17.3 Å². The average Bonchev–Trinajstić information content (AvgIpc) is 2.57. The molecule has 1 aliphatic rings. The van der Waals surface area contributed by atoms with Crippen LogP contribution in [0.4, 0.5) is 22.4 Å². The lowest BCUT2D eigenvalue weighted by molar-refractivity contribution is 0.368. The highest BCUT2D eigenvalue weighted by atomic mass is 32.1. The Kier molecular flexibility index (Phi) is 4.23. The lowest BCUT2D eigenvalue weighted by Crippen LogP contribution is -2.02. The van der Waals surface area contributed by atoms with E-state index in [1.807, 2.05) is 0 Å². The molecule has 88 valence electrons. The second-order valence-electron chi connectivity index (χ2n) is 3.17. The lowest BCUT2D eigenvalue weighted by Gasteiger charge is -2.03. The van der Waals surface area contributed by atoms with Crippen LogP contribution in [0, 0.1) is 5.39 Å². The molecule has 16 heavy (non-hydrogen) atoms. The summed E-state index contributed by atoms with van der Waals surface area (Å²) >= 11 is 1.51. The Labute approximate surface area is 93.2 Å². The van der Waals surface area contributed by atoms with Crippen molar-refractivity contribution in [1.82, 2.24) is 4.98 Å². The van der Waals surface area contributed by atoms with E-state index in [2.05, 4.69) is 9.96 Å². The number of nitrogens with zero attached hydrogens (tertiary/aromatic N) is 3. The van der Waals surface area contributed by atoms with Gasteiger partial charge in [0.1, 0.15) is 0 Å². The molecular weight excluding hydrogens is 245 g/mol. The van der Waals surface area contributed by atoms with Gasteiger partial charge in [-0.25, -0.2) is 0 Å². The second-order valence-corrected chi connectivity index (χ2v) is 4.23. The fourth-order valence-corrected chi connectivity index (χ4v) is 2.31. The minimum Gasteiger partial charge on any atom is -0.418 e. The maximum Gasteiger partial charge on any atom is 0.673 e. The van der Waals surface area contributed by atoms with Crippen LogP contribution in [0.5, 0.6) is 0 Å². The van der Waals surface area contributed by atoms with Gasteiger partial charge in [0.05, 0.1) is 10.3 Å². The molecule has 0 radical (unpaired) electrons. The fraction of sp³-hybridized carbons (Fsp3) is 0.571. The molecule has 0 aliphatic heterocycles. The minimum absolute atomic E-state index is 0.511. The molecule has 0 spiro atoms. The number of hydrogen-bond acceptors (Lipinski definition) is 3. The summed E-state index contributed by atoms with van der Waals surface area (Å²) in [6.45, 7) is 0. The predicted molar refractivity (Wildman–Crippen MR) is 53.7 cm³/mol. The molecule has 3 nitrogen and oxygen atoms in total. The van der Waals surface area contributed by atoms with Gasteiger partial charge >= 0.3 is 12.4 Å². The molecule has 0 saturated heterocycles. The van der Waals surface area contributed by atoms with E-state index in [1.165, 1.54) is 29.1 Å². The van der Waals surface area contributed by atoms with E-state index >= 15 is 0 Å². The smallest absolute Gasteiger partial charge is 0.418 e. The highest BCUT2D eigenvalue weighted by Crippen LogP contribution is 2.30. The molecule has 1 aromatic rings. The van der Waals surface area contributed by atoms with E-state index in [-0.39, 0.29) is 0 Å². The third-order valence-electron chi connectivity index (χ3n) is 1.92. The van der Waals surface area contributed by atoms with Crippen LogP contribution in [-0.4, -0.2) is 12.2 Å². The summed E-state index contributed by atoms with van der Waals surface area (Å²) in [5, 5.41) is 8.97. The zero-order valence-electron chi connectivity index (χ0n) is 8.17.